The molecule has 26 heavy (non-hydrogen) atoms. The van der Waals surface area contributed by atoms with Crippen LogP contribution in [0.5, 0.6) is 0 Å². The Bertz CT molecular complexity index is 916. The molecule has 0 radical (unpaired) electrons. The standard InChI is InChI=1S/C19H17F2N3OS/c1-12-9-16-14(11-22-12)3-2-4-17(16)24-19(25)23-10-13-5-7-15(8-6-13)26-18(20)21/h2-9,11,18H,10H2,1H3,(H2,23,24,25). The average molecular weight is 373 g/mol. The summed E-state index contributed by atoms with van der Waals surface area (Å²) in [6.45, 7) is 2.20. The first-order valence-corrected chi connectivity index (χ1v) is 8.83. The van der Waals surface area contributed by atoms with Gasteiger partial charge in [-0.2, -0.15) is 8.78 Å². The van der Waals surface area contributed by atoms with E-state index in [1.165, 1.54) is 0 Å². The van der Waals surface area contributed by atoms with Gasteiger partial charge in [-0.05, 0) is 36.8 Å². The second kappa shape index (κ2) is 8.14. The van der Waals surface area contributed by atoms with Gasteiger partial charge in [0, 0.05) is 34.1 Å². The van der Waals surface area contributed by atoms with Crippen molar-refractivity contribution in [2.45, 2.75) is 24.1 Å². The van der Waals surface area contributed by atoms with Crippen molar-refractivity contribution >= 4 is 34.3 Å². The Morgan fingerprint density at radius 1 is 1.19 bits per heavy atom. The van der Waals surface area contributed by atoms with E-state index in [1.807, 2.05) is 31.2 Å². The molecule has 134 valence electrons. The highest BCUT2D eigenvalue weighted by molar-refractivity contribution is 7.99. The maximum Gasteiger partial charge on any atom is 0.319 e. The lowest BCUT2D eigenvalue weighted by Crippen LogP contribution is -2.28. The zero-order valence-corrected chi connectivity index (χ0v) is 14.8. The monoisotopic (exact) mass is 373 g/mol. The van der Waals surface area contributed by atoms with Crippen molar-refractivity contribution in [2.75, 3.05) is 5.32 Å². The van der Waals surface area contributed by atoms with E-state index in [9.17, 15) is 13.6 Å². The van der Waals surface area contributed by atoms with Gasteiger partial charge < -0.3 is 10.6 Å². The van der Waals surface area contributed by atoms with Gasteiger partial charge in [0.05, 0.1) is 5.69 Å². The smallest absolute Gasteiger partial charge is 0.319 e. The molecule has 0 unspecified atom stereocenters. The number of urea groups is 1. The van der Waals surface area contributed by atoms with E-state index in [2.05, 4.69) is 15.6 Å². The van der Waals surface area contributed by atoms with Gasteiger partial charge in [-0.3, -0.25) is 4.98 Å². The van der Waals surface area contributed by atoms with Crippen LogP contribution in [-0.4, -0.2) is 16.8 Å². The van der Waals surface area contributed by atoms with Crippen LogP contribution < -0.4 is 10.6 Å². The molecule has 0 fully saturated rings. The molecule has 4 nitrogen and oxygen atoms in total. The molecule has 0 aliphatic carbocycles. The Kier molecular flexibility index (Phi) is 5.68. The molecule has 0 bridgehead atoms. The van der Waals surface area contributed by atoms with Crippen molar-refractivity contribution in [3.05, 3.63) is 66.0 Å². The van der Waals surface area contributed by atoms with Gasteiger partial charge in [-0.1, -0.05) is 36.0 Å². The summed E-state index contributed by atoms with van der Waals surface area (Å²) >= 11 is 0.497. The summed E-state index contributed by atoms with van der Waals surface area (Å²) in [6.07, 6.45) is 1.77. The van der Waals surface area contributed by atoms with E-state index < -0.39 is 5.76 Å². The van der Waals surface area contributed by atoms with E-state index in [-0.39, 0.29) is 6.03 Å². The zero-order valence-electron chi connectivity index (χ0n) is 14.0. The molecule has 7 heteroatoms. The highest BCUT2D eigenvalue weighted by Crippen LogP contribution is 2.25. The lowest BCUT2D eigenvalue weighted by molar-refractivity contribution is 0.251. The first-order chi connectivity index (χ1) is 12.5. The number of nitrogens with zero attached hydrogens (tertiary/aromatic N) is 1. The molecule has 0 atom stereocenters. The highest BCUT2D eigenvalue weighted by atomic mass is 32.2. The number of nitrogens with one attached hydrogen (secondary N) is 2. The van der Waals surface area contributed by atoms with Gasteiger partial charge in [0.2, 0.25) is 0 Å². The third-order valence-electron chi connectivity index (χ3n) is 3.75. The van der Waals surface area contributed by atoms with Crippen LogP contribution in [0.3, 0.4) is 0 Å². The number of carbonyl (C=O) groups is 1. The Morgan fingerprint density at radius 3 is 2.69 bits per heavy atom. The van der Waals surface area contributed by atoms with Gasteiger partial charge >= 0.3 is 6.03 Å². The summed E-state index contributed by atoms with van der Waals surface area (Å²) in [5.41, 5.74) is 2.40. The predicted octanol–water partition coefficient (Wildman–Crippen LogP) is 5.18. The number of amides is 2. The molecule has 3 rings (SSSR count). The minimum absolute atomic E-state index is 0.302. The maximum absolute atomic E-state index is 12.3. The molecule has 2 N–H and O–H groups in total. The molecule has 0 saturated carbocycles. The SMILES string of the molecule is Cc1cc2c(NC(=O)NCc3ccc(SC(F)F)cc3)cccc2cn1. The lowest BCUT2D eigenvalue weighted by atomic mass is 10.1. The third-order valence-corrected chi connectivity index (χ3v) is 4.47. The summed E-state index contributed by atoms with van der Waals surface area (Å²) in [5, 5.41) is 7.47. The van der Waals surface area contributed by atoms with Crippen LogP contribution in [0.4, 0.5) is 19.3 Å². The number of pyridine rings is 1. The van der Waals surface area contributed by atoms with Crippen molar-refractivity contribution in [2.24, 2.45) is 0 Å². The number of halogens is 2. The number of hydrogen-bond acceptors (Lipinski definition) is 3. The van der Waals surface area contributed by atoms with Crippen LogP contribution in [0.15, 0.2) is 59.6 Å². The van der Waals surface area contributed by atoms with Crippen molar-refractivity contribution in [1.82, 2.24) is 10.3 Å². The van der Waals surface area contributed by atoms with E-state index >= 15 is 0 Å². The van der Waals surface area contributed by atoms with Crippen LogP contribution in [0.1, 0.15) is 11.3 Å². The number of anilines is 1. The molecule has 1 heterocycles. The summed E-state index contributed by atoms with van der Waals surface area (Å²) in [4.78, 5) is 16.9. The second-order valence-electron chi connectivity index (χ2n) is 5.68. The molecule has 0 aliphatic rings. The van der Waals surface area contributed by atoms with Crippen LogP contribution >= 0.6 is 11.8 Å². The summed E-state index contributed by atoms with van der Waals surface area (Å²) in [6, 6.07) is 13.9. The fourth-order valence-corrected chi connectivity index (χ4v) is 3.02. The van der Waals surface area contributed by atoms with Crippen LogP contribution in [0, 0.1) is 6.92 Å². The Hall–Kier alpha value is -2.67. The third kappa shape index (κ3) is 4.70. The van der Waals surface area contributed by atoms with Crippen LogP contribution in [-0.2, 0) is 6.54 Å². The van der Waals surface area contributed by atoms with Gasteiger partial charge in [0.25, 0.3) is 5.76 Å². The molecule has 2 aromatic carbocycles. The highest BCUT2D eigenvalue weighted by Gasteiger charge is 2.07. The molecule has 3 aromatic rings. The van der Waals surface area contributed by atoms with Gasteiger partial charge in [-0.15, -0.1) is 0 Å². The molecule has 2 amide bonds. The number of carbonyl (C=O) groups excluding carboxylic acids is 1. The number of aromatic nitrogens is 1. The zero-order chi connectivity index (χ0) is 18.5. The molecule has 0 saturated heterocycles. The summed E-state index contributed by atoms with van der Waals surface area (Å²) < 4.78 is 24.6. The maximum atomic E-state index is 12.3. The van der Waals surface area contributed by atoms with Crippen molar-refractivity contribution < 1.29 is 13.6 Å². The van der Waals surface area contributed by atoms with E-state index in [0.717, 1.165) is 22.0 Å². The topological polar surface area (TPSA) is 54.0 Å². The van der Waals surface area contributed by atoms with E-state index in [0.29, 0.717) is 28.9 Å². The quantitative estimate of drug-likeness (QED) is 0.606. The molecule has 1 aromatic heterocycles. The average Bonchev–Trinajstić information content (AvgIpc) is 2.61. The summed E-state index contributed by atoms with van der Waals surface area (Å²) in [5.74, 6) is -2.44. The Morgan fingerprint density at radius 2 is 1.96 bits per heavy atom. The van der Waals surface area contributed by atoms with Crippen molar-refractivity contribution in [3.63, 3.8) is 0 Å². The minimum atomic E-state index is -2.44. The minimum Gasteiger partial charge on any atom is -0.334 e. The van der Waals surface area contributed by atoms with Gasteiger partial charge in [-0.25, -0.2) is 4.79 Å². The molecule has 0 spiro atoms. The number of rotatable bonds is 5. The number of hydrogen-bond donors (Lipinski definition) is 2. The summed E-state index contributed by atoms with van der Waals surface area (Å²) in [7, 11) is 0. The largest absolute Gasteiger partial charge is 0.334 e. The van der Waals surface area contributed by atoms with Crippen LogP contribution in [0.25, 0.3) is 10.8 Å². The normalized spacial score (nSPS) is 10.9. The number of alkyl halides is 2. The number of aryl methyl sites for hydroxylation is 1. The van der Waals surface area contributed by atoms with Crippen molar-refractivity contribution in [3.8, 4) is 0 Å². The number of fused-ring (bicyclic) bond motifs is 1. The molecular formula is C19H17F2N3OS. The first kappa shape index (κ1) is 18.1. The Labute approximate surface area is 154 Å². The predicted molar refractivity (Wildman–Crippen MR) is 101 cm³/mol. The fraction of sp³-hybridized carbons (Fsp3) is 0.158. The second-order valence-corrected chi connectivity index (χ2v) is 6.75. The number of benzene rings is 2. The van der Waals surface area contributed by atoms with Crippen molar-refractivity contribution in [1.29, 1.82) is 0 Å². The van der Waals surface area contributed by atoms with E-state index in [4.69, 9.17) is 0 Å². The molecular weight excluding hydrogens is 356 g/mol. The van der Waals surface area contributed by atoms with Crippen LogP contribution in [0.2, 0.25) is 0 Å². The fourth-order valence-electron chi connectivity index (χ4n) is 2.52. The Balaban J connectivity index is 1.62. The molecule has 0 aliphatic heterocycles. The van der Waals surface area contributed by atoms with Gasteiger partial charge in [0.15, 0.2) is 0 Å². The first-order valence-electron chi connectivity index (χ1n) is 7.95. The van der Waals surface area contributed by atoms with E-state index in [1.54, 1.807) is 30.5 Å². The number of thioether (sulfide) groups is 1. The lowest BCUT2D eigenvalue weighted by Gasteiger charge is -2.11. The van der Waals surface area contributed by atoms with Gasteiger partial charge in [0.1, 0.15) is 0 Å².